The highest BCUT2D eigenvalue weighted by atomic mass is 14.6. The average molecular weight is 131 g/mol. The van der Waals surface area contributed by atoms with E-state index < -0.39 is 0 Å². The standard InChI is InChI=1S/C9H9N/c1-2-6-10-9(3-1)7-8-4-5-8/h1-3,6-7H,4-5H2. The Hall–Kier alpha value is -1.11. The first-order chi connectivity index (χ1) is 4.95. The zero-order chi connectivity index (χ0) is 6.81. The predicted octanol–water partition coefficient (Wildman–Crippen LogP) is 2.26. The zero-order valence-electron chi connectivity index (χ0n) is 5.75. The van der Waals surface area contributed by atoms with E-state index in [4.69, 9.17) is 0 Å². The fourth-order valence-corrected chi connectivity index (χ4v) is 0.887. The SMILES string of the molecule is C(=C1CC1)c1ccccn1. The van der Waals surface area contributed by atoms with Gasteiger partial charge in [0.05, 0.1) is 5.69 Å². The molecular formula is C9H9N. The van der Waals surface area contributed by atoms with E-state index in [2.05, 4.69) is 11.1 Å². The molecule has 1 aromatic heterocycles. The van der Waals surface area contributed by atoms with Crippen LogP contribution in [0.1, 0.15) is 18.5 Å². The van der Waals surface area contributed by atoms with Crippen molar-refractivity contribution in [1.29, 1.82) is 0 Å². The van der Waals surface area contributed by atoms with E-state index in [9.17, 15) is 0 Å². The molecule has 0 atom stereocenters. The molecule has 1 aromatic rings. The molecular weight excluding hydrogens is 122 g/mol. The van der Waals surface area contributed by atoms with Crippen LogP contribution in [0, 0.1) is 0 Å². The summed E-state index contributed by atoms with van der Waals surface area (Å²) in [6, 6.07) is 5.99. The summed E-state index contributed by atoms with van der Waals surface area (Å²) in [6.45, 7) is 0. The van der Waals surface area contributed by atoms with E-state index in [0.717, 1.165) is 5.69 Å². The maximum Gasteiger partial charge on any atom is 0.0629 e. The Bertz CT molecular complexity index is 243. The Balaban J connectivity index is 2.26. The summed E-state index contributed by atoms with van der Waals surface area (Å²) in [4.78, 5) is 4.18. The number of hydrogen-bond acceptors (Lipinski definition) is 1. The zero-order valence-corrected chi connectivity index (χ0v) is 5.75. The van der Waals surface area contributed by atoms with Gasteiger partial charge in [0.15, 0.2) is 0 Å². The van der Waals surface area contributed by atoms with Crippen LogP contribution in [0.25, 0.3) is 6.08 Å². The van der Waals surface area contributed by atoms with Crippen LogP contribution >= 0.6 is 0 Å². The summed E-state index contributed by atoms with van der Waals surface area (Å²) in [6.07, 6.45) is 6.54. The quantitative estimate of drug-likeness (QED) is 0.569. The second-order valence-corrected chi connectivity index (χ2v) is 2.56. The second kappa shape index (κ2) is 2.25. The third-order valence-corrected chi connectivity index (χ3v) is 1.58. The molecule has 0 N–H and O–H groups in total. The van der Waals surface area contributed by atoms with Crippen molar-refractivity contribution in [3.8, 4) is 0 Å². The van der Waals surface area contributed by atoms with Crippen molar-refractivity contribution in [1.82, 2.24) is 4.98 Å². The molecule has 0 spiro atoms. The summed E-state index contributed by atoms with van der Waals surface area (Å²) in [5.74, 6) is 0. The van der Waals surface area contributed by atoms with Gasteiger partial charge < -0.3 is 0 Å². The molecule has 0 unspecified atom stereocenters. The molecule has 0 aromatic carbocycles. The fourth-order valence-electron chi connectivity index (χ4n) is 0.887. The summed E-state index contributed by atoms with van der Waals surface area (Å²) in [5.41, 5.74) is 2.62. The number of allylic oxidation sites excluding steroid dienone is 1. The van der Waals surface area contributed by atoms with Crippen LogP contribution in [0.4, 0.5) is 0 Å². The van der Waals surface area contributed by atoms with Crippen LogP contribution < -0.4 is 0 Å². The summed E-state index contributed by atoms with van der Waals surface area (Å²) >= 11 is 0. The van der Waals surface area contributed by atoms with Crippen LogP contribution in [0.15, 0.2) is 30.0 Å². The van der Waals surface area contributed by atoms with Gasteiger partial charge in [0.2, 0.25) is 0 Å². The predicted molar refractivity (Wildman–Crippen MR) is 41.4 cm³/mol. The van der Waals surface area contributed by atoms with Crippen LogP contribution in [0.5, 0.6) is 0 Å². The highest BCUT2D eigenvalue weighted by Crippen LogP contribution is 2.29. The molecule has 0 radical (unpaired) electrons. The normalized spacial score (nSPS) is 15.0. The number of nitrogens with zero attached hydrogens (tertiary/aromatic N) is 1. The number of hydrogen-bond donors (Lipinski definition) is 0. The van der Waals surface area contributed by atoms with Crippen LogP contribution in [0.2, 0.25) is 0 Å². The highest BCUT2D eigenvalue weighted by molar-refractivity contribution is 5.52. The molecule has 1 nitrogen and oxygen atoms in total. The Morgan fingerprint density at radius 3 is 2.80 bits per heavy atom. The molecule has 1 fully saturated rings. The molecule has 1 aliphatic rings. The van der Waals surface area contributed by atoms with E-state index in [1.54, 1.807) is 0 Å². The highest BCUT2D eigenvalue weighted by Gasteiger charge is 2.09. The molecule has 0 amide bonds. The molecule has 0 bridgehead atoms. The Morgan fingerprint density at radius 1 is 1.30 bits per heavy atom. The largest absolute Gasteiger partial charge is 0.257 e. The molecule has 2 rings (SSSR count). The minimum atomic E-state index is 1.09. The van der Waals surface area contributed by atoms with Crippen molar-refractivity contribution in [3.63, 3.8) is 0 Å². The van der Waals surface area contributed by atoms with E-state index in [0.29, 0.717) is 0 Å². The Labute approximate surface area is 60.4 Å². The Kier molecular flexibility index (Phi) is 1.28. The van der Waals surface area contributed by atoms with Crippen molar-refractivity contribution in [3.05, 3.63) is 35.7 Å². The average Bonchev–Trinajstić information content (AvgIpc) is 2.74. The molecule has 10 heavy (non-hydrogen) atoms. The lowest BCUT2D eigenvalue weighted by Gasteiger charge is -1.86. The van der Waals surface area contributed by atoms with Gasteiger partial charge in [0.25, 0.3) is 0 Å². The third-order valence-electron chi connectivity index (χ3n) is 1.58. The van der Waals surface area contributed by atoms with Crippen LogP contribution in [0.3, 0.4) is 0 Å². The minimum absolute atomic E-state index is 1.09. The van der Waals surface area contributed by atoms with Gasteiger partial charge in [-0.15, -0.1) is 0 Å². The summed E-state index contributed by atoms with van der Waals surface area (Å²) in [7, 11) is 0. The van der Waals surface area contributed by atoms with Gasteiger partial charge in [0.1, 0.15) is 0 Å². The van der Waals surface area contributed by atoms with Gasteiger partial charge >= 0.3 is 0 Å². The lowest BCUT2D eigenvalue weighted by molar-refractivity contribution is 1.29. The molecule has 0 aliphatic heterocycles. The van der Waals surface area contributed by atoms with Gasteiger partial charge in [-0.05, 0) is 31.1 Å². The first-order valence-electron chi connectivity index (χ1n) is 3.55. The van der Waals surface area contributed by atoms with Crippen molar-refractivity contribution in [2.45, 2.75) is 12.8 Å². The lowest BCUT2D eigenvalue weighted by Crippen LogP contribution is -1.74. The maximum absolute atomic E-state index is 4.18. The number of aromatic nitrogens is 1. The van der Waals surface area contributed by atoms with Gasteiger partial charge in [-0.2, -0.15) is 0 Å². The van der Waals surface area contributed by atoms with Crippen molar-refractivity contribution in [2.24, 2.45) is 0 Å². The molecule has 0 saturated heterocycles. The molecule has 50 valence electrons. The van der Waals surface area contributed by atoms with Crippen molar-refractivity contribution in [2.75, 3.05) is 0 Å². The minimum Gasteiger partial charge on any atom is -0.257 e. The molecule has 1 heteroatoms. The third kappa shape index (κ3) is 1.24. The maximum atomic E-state index is 4.18. The molecule has 1 aliphatic carbocycles. The van der Waals surface area contributed by atoms with E-state index in [-0.39, 0.29) is 0 Å². The smallest absolute Gasteiger partial charge is 0.0629 e. The second-order valence-electron chi connectivity index (χ2n) is 2.56. The number of rotatable bonds is 1. The first-order valence-corrected chi connectivity index (χ1v) is 3.55. The number of pyridine rings is 1. The van der Waals surface area contributed by atoms with Gasteiger partial charge in [-0.25, -0.2) is 0 Å². The summed E-state index contributed by atoms with van der Waals surface area (Å²) < 4.78 is 0. The Morgan fingerprint density at radius 2 is 2.20 bits per heavy atom. The van der Waals surface area contributed by atoms with Crippen molar-refractivity contribution < 1.29 is 0 Å². The van der Waals surface area contributed by atoms with E-state index in [1.165, 1.54) is 18.4 Å². The topological polar surface area (TPSA) is 12.9 Å². The molecule has 1 heterocycles. The monoisotopic (exact) mass is 131 g/mol. The van der Waals surface area contributed by atoms with Gasteiger partial charge in [-0.1, -0.05) is 11.6 Å². The van der Waals surface area contributed by atoms with E-state index in [1.807, 2.05) is 24.4 Å². The van der Waals surface area contributed by atoms with Crippen LogP contribution in [-0.2, 0) is 0 Å². The van der Waals surface area contributed by atoms with Crippen LogP contribution in [-0.4, -0.2) is 4.98 Å². The fraction of sp³-hybridized carbons (Fsp3) is 0.222. The van der Waals surface area contributed by atoms with E-state index >= 15 is 0 Å². The van der Waals surface area contributed by atoms with Crippen molar-refractivity contribution >= 4 is 6.08 Å². The first kappa shape index (κ1) is 5.66. The van der Waals surface area contributed by atoms with Gasteiger partial charge in [-0.3, -0.25) is 4.98 Å². The summed E-state index contributed by atoms with van der Waals surface area (Å²) in [5, 5.41) is 0. The molecule has 1 saturated carbocycles. The lowest BCUT2D eigenvalue weighted by atomic mass is 10.3. The van der Waals surface area contributed by atoms with Gasteiger partial charge in [0, 0.05) is 6.20 Å².